The highest BCUT2D eigenvalue weighted by molar-refractivity contribution is 5.74. The van der Waals surface area contributed by atoms with Gasteiger partial charge in [-0.05, 0) is 61.5 Å². The summed E-state index contributed by atoms with van der Waals surface area (Å²) in [5.74, 6) is 0.538. The van der Waals surface area contributed by atoms with E-state index in [2.05, 4.69) is 21.9 Å². The summed E-state index contributed by atoms with van der Waals surface area (Å²) in [5.41, 5.74) is 1.95. The molecule has 0 aliphatic carbocycles. The van der Waals surface area contributed by atoms with E-state index in [9.17, 15) is 13.6 Å². The summed E-state index contributed by atoms with van der Waals surface area (Å²) in [6.07, 6.45) is 4.58. The van der Waals surface area contributed by atoms with Crippen molar-refractivity contribution in [3.63, 3.8) is 0 Å². The van der Waals surface area contributed by atoms with Gasteiger partial charge in [0.15, 0.2) is 0 Å². The van der Waals surface area contributed by atoms with E-state index in [1.165, 1.54) is 19.3 Å². The molecule has 1 atom stereocenters. The highest BCUT2D eigenvalue weighted by Crippen LogP contribution is 2.25. The number of urea groups is 1. The number of fused-ring (bicyclic) bond motifs is 1. The molecule has 0 saturated carbocycles. The largest absolute Gasteiger partial charge is 0.435 e. The molecule has 2 amide bonds. The molecule has 2 aliphatic heterocycles. The number of alkyl halides is 2. The Balaban J connectivity index is 1.48. The van der Waals surface area contributed by atoms with Gasteiger partial charge in [-0.25, -0.2) is 4.79 Å². The first kappa shape index (κ1) is 19.9. The third kappa shape index (κ3) is 5.79. The number of likely N-dealkylation sites (tertiary alicyclic amines) is 1. The van der Waals surface area contributed by atoms with Crippen molar-refractivity contribution in [3.8, 4) is 5.75 Å². The zero-order chi connectivity index (χ0) is 19.2. The number of amides is 2. The van der Waals surface area contributed by atoms with Gasteiger partial charge in [0.2, 0.25) is 0 Å². The zero-order valence-electron chi connectivity index (χ0n) is 15.9. The molecule has 1 N–H and O–H groups in total. The van der Waals surface area contributed by atoms with Crippen LogP contribution in [-0.2, 0) is 13.0 Å². The normalized spacial score (nSPS) is 18.9. The number of nitrogens with zero attached hydrogens (tertiary/aromatic N) is 2. The standard InChI is InChI=1S/C20H29F2N3O2/c1-15(13-24-8-3-2-4-9-24)12-23-20(26)25-10-7-16-5-6-18(27-19(21)22)11-17(16)14-25/h5-6,11,15,19H,2-4,7-10,12-14H2,1H3,(H,23,26)/t15-/m0/s1. The molecule has 27 heavy (non-hydrogen) atoms. The third-order valence-electron chi connectivity index (χ3n) is 5.32. The van der Waals surface area contributed by atoms with Crippen molar-refractivity contribution in [2.45, 2.75) is 45.8 Å². The number of rotatable bonds is 6. The molecule has 2 aliphatic rings. The minimum Gasteiger partial charge on any atom is -0.435 e. The van der Waals surface area contributed by atoms with Crippen LogP contribution in [0.2, 0.25) is 0 Å². The second-order valence-electron chi connectivity index (χ2n) is 7.63. The number of hydrogen-bond acceptors (Lipinski definition) is 3. The Bertz CT molecular complexity index is 636. The van der Waals surface area contributed by atoms with E-state index in [0.29, 0.717) is 25.6 Å². The maximum atomic E-state index is 12.5. The molecule has 0 unspecified atom stereocenters. The molecule has 1 aromatic rings. The molecule has 5 nitrogen and oxygen atoms in total. The minimum atomic E-state index is -2.84. The molecule has 1 aromatic carbocycles. The number of halogens is 2. The Kier molecular flexibility index (Phi) is 6.88. The first-order chi connectivity index (χ1) is 13.0. The van der Waals surface area contributed by atoms with Crippen LogP contribution in [0, 0.1) is 5.92 Å². The highest BCUT2D eigenvalue weighted by atomic mass is 19.3. The average Bonchev–Trinajstić information content (AvgIpc) is 2.66. The van der Waals surface area contributed by atoms with Crippen molar-refractivity contribution in [1.29, 1.82) is 0 Å². The molecule has 0 radical (unpaired) electrons. The Morgan fingerprint density at radius 2 is 1.96 bits per heavy atom. The lowest BCUT2D eigenvalue weighted by Gasteiger charge is -2.31. The van der Waals surface area contributed by atoms with Gasteiger partial charge >= 0.3 is 12.6 Å². The van der Waals surface area contributed by atoms with Gasteiger partial charge in [0, 0.05) is 26.2 Å². The Labute approximate surface area is 159 Å². The number of carbonyl (C=O) groups is 1. The maximum absolute atomic E-state index is 12.5. The van der Waals surface area contributed by atoms with Crippen LogP contribution in [0.25, 0.3) is 0 Å². The molecular formula is C20H29F2N3O2. The van der Waals surface area contributed by atoms with Gasteiger partial charge in [-0.3, -0.25) is 0 Å². The predicted molar refractivity (Wildman–Crippen MR) is 100 cm³/mol. The number of ether oxygens (including phenoxy) is 1. The summed E-state index contributed by atoms with van der Waals surface area (Å²) in [7, 11) is 0. The van der Waals surface area contributed by atoms with Crippen LogP contribution in [0.1, 0.15) is 37.3 Å². The molecule has 0 bridgehead atoms. The molecule has 2 heterocycles. The van der Waals surface area contributed by atoms with E-state index in [4.69, 9.17) is 0 Å². The topological polar surface area (TPSA) is 44.8 Å². The van der Waals surface area contributed by atoms with E-state index < -0.39 is 6.61 Å². The van der Waals surface area contributed by atoms with Crippen molar-refractivity contribution < 1.29 is 18.3 Å². The third-order valence-corrected chi connectivity index (χ3v) is 5.32. The fraction of sp³-hybridized carbons (Fsp3) is 0.650. The molecular weight excluding hydrogens is 352 g/mol. The minimum absolute atomic E-state index is 0.0914. The number of piperidine rings is 1. The summed E-state index contributed by atoms with van der Waals surface area (Å²) >= 11 is 0. The van der Waals surface area contributed by atoms with Gasteiger partial charge < -0.3 is 19.9 Å². The molecule has 150 valence electrons. The van der Waals surface area contributed by atoms with Gasteiger partial charge in [0.25, 0.3) is 0 Å². The van der Waals surface area contributed by atoms with Crippen LogP contribution >= 0.6 is 0 Å². The smallest absolute Gasteiger partial charge is 0.387 e. The highest BCUT2D eigenvalue weighted by Gasteiger charge is 2.22. The van der Waals surface area contributed by atoms with Gasteiger partial charge in [0.1, 0.15) is 5.75 Å². The zero-order valence-corrected chi connectivity index (χ0v) is 15.9. The molecule has 0 spiro atoms. The lowest BCUT2D eigenvalue weighted by Crippen LogP contribution is -2.45. The molecule has 7 heteroatoms. The maximum Gasteiger partial charge on any atom is 0.387 e. The summed E-state index contributed by atoms with van der Waals surface area (Å²) in [5, 5.41) is 3.03. The van der Waals surface area contributed by atoms with E-state index in [1.54, 1.807) is 17.0 Å². The number of carbonyl (C=O) groups excluding carboxylic acids is 1. The molecule has 1 saturated heterocycles. The summed E-state index contributed by atoms with van der Waals surface area (Å²) in [4.78, 5) is 16.7. The van der Waals surface area contributed by atoms with E-state index >= 15 is 0 Å². The summed E-state index contributed by atoms with van der Waals surface area (Å²) < 4.78 is 29.3. The second-order valence-corrected chi connectivity index (χ2v) is 7.63. The first-order valence-electron chi connectivity index (χ1n) is 9.83. The lowest BCUT2D eigenvalue weighted by atomic mass is 10.00. The number of benzene rings is 1. The van der Waals surface area contributed by atoms with Crippen LogP contribution in [0.4, 0.5) is 13.6 Å². The molecule has 1 fully saturated rings. The number of hydrogen-bond donors (Lipinski definition) is 1. The van der Waals surface area contributed by atoms with Crippen LogP contribution in [0.3, 0.4) is 0 Å². The van der Waals surface area contributed by atoms with Crippen molar-refractivity contribution in [3.05, 3.63) is 29.3 Å². The van der Waals surface area contributed by atoms with Crippen molar-refractivity contribution in [2.75, 3.05) is 32.7 Å². The SMILES string of the molecule is C[C@@H](CNC(=O)N1CCc2ccc(OC(F)F)cc2C1)CN1CCCCC1. The average molecular weight is 381 g/mol. The second kappa shape index (κ2) is 9.35. The van der Waals surface area contributed by atoms with E-state index in [0.717, 1.165) is 37.2 Å². The van der Waals surface area contributed by atoms with Crippen LogP contribution < -0.4 is 10.1 Å². The first-order valence-corrected chi connectivity index (χ1v) is 9.83. The number of nitrogens with one attached hydrogen (secondary N) is 1. The lowest BCUT2D eigenvalue weighted by molar-refractivity contribution is -0.0499. The van der Waals surface area contributed by atoms with Crippen LogP contribution in [0.15, 0.2) is 18.2 Å². The summed E-state index contributed by atoms with van der Waals surface area (Å²) in [6, 6.07) is 4.89. The van der Waals surface area contributed by atoms with Crippen LogP contribution in [-0.4, -0.2) is 55.2 Å². The Hall–Kier alpha value is -1.89. The fourth-order valence-electron chi connectivity index (χ4n) is 3.90. The summed E-state index contributed by atoms with van der Waals surface area (Å²) in [6.45, 7) is 4.34. The van der Waals surface area contributed by atoms with Crippen molar-refractivity contribution >= 4 is 6.03 Å². The van der Waals surface area contributed by atoms with Gasteiger partial charge in [-0.15, -0.1) is 0 Å². The molecule has 0 aromatic heterocycles. The van der Waals surface area contributed by atoms with Gasteiger partial charge in [-0.2, -0.15) is 8.78 Å². The fourth-order valence-corrected chi connectivity index (χ4v) is 3.90. The van der Waals surface area contributed by atoms with Crippen molar-refractivity contribution in [2.24, 2.45) is 5.92 Å². The monoisotopic (exact) mass is 381 g/mol. The Morgan fingerprint density at radius 3 is 2.70 bits per heavy atom. The molecule has 3 rings (SSSR count). The van der Waals surface area contributed by atoms with Gasteiger partial charge in [0.05, 0.1) is 0 Å². The van der Waals surface area contributed by atoms with Crippen LogP contribution in [0.5, 0.6) is 5.75 Å². The van der Waals surface area contributed by atoms with E-state index in [-0.39, 0.29) is 11.8 Å². The van der Waals surface area contributed by atoms with Crippen molar-refractivity contribution in [1.82, 2.24) is 15.1 Å². The quantitative estimate of drug-likeness (QED) is 0.821. The van der Waals surface area contributed by atoms with Gasteiger partial charge in [-0.1, -0.05) is 19.4 Å². The van der Waals surface area contributed by atoms with E-state index in [1.807, 2.05) is 6.07 Å². The Morgan fingerprint density at radius 1 is 1.19 bits per heavy atom. The predicted octanol–water partition coefficient (Wildman–Crippen LogP) is 3.48.